The molecule has 0 aliphatic carbocycles. The molecule has 0 aromatic heterocycles. The fraction of sp³-hybridized carbons (Fsp3) is 1.00. The van der Waals surface area contributed by atoms with Gasteiger partial charge in [0.2, 0.25) is 0 Å². The van der Waals surface area contributed by atoms with Gasteiger partial charge in [0.05, 0.1) is 0 Å². The molecule has 0 aliphatic rings. The van der Waals surface area contributed by atoms with Crippen LogP contribution in [-0.2, 0) is 19.5 Å². The topological polar surface area (TPSA) is 20.2 Å². The van der Waals surface area contributed by atoms with Crippen molar-refractivity contribution in [3.05, 3.63) is 0 Å². The molecule has 0 fully saturated rings. The van der Waals surface area contributed by atoms with E-state index in [1.807, 2.05) is 19.6 Å². The molecule has 3 heteroatoms. The molecule has 1 N–H and O–H groups in total. The molecule has 0 bridgehead atoms. The molecule has 1 nitrogen and oxygen atoms in total. The third kappa shape index (κ3) is 108. The van der Waals surface area contributed by atoms with Crippen LogP contribution in [0.25, 0.3) is 0 Å². The van der Waals surface area contributed by atoms with Crippen molar-refractivity contribution in [1.29, 1.82) is 0 Å². The van der Waals surface area contributed by atoms with Crippen molar-refractivity contribution in [2.24, 2.45) is 0 Å². The van der Waals surface area contributed by atoms with Gasteiger partial charge in [-0.2, -0.15) is 0 Å². The summed E-state index contributed by atoms with van der Waals surface area (Å²) in [5, 5.41) is 0. The van der Waals surface area contributed by atoms with Crippen LogP contribution >= 0.6 is 0 Å². The van der Waals surface area contributed by atoms with E-state index in [-0.39, 0.29) is 19.5 Å². The van der Waals surface area contributed by atoms with Gasteiger partial charge in [-0.25, -0.2) is 0 Å². The molecule has 0 rings (SSSR count). The molecule has 0 spiro atoms. The summed E-state index contributed by atoms with van der Waals surface area (Å²) in [6, 6.07) is 0. The Morgan fingerprint density at radius 3 is 1.17 bits per heavy atom. The van der Waals surface area contributed by atoms with Crippen molar-refractivity contribution in [2.45, 2.75) is 19.6 Å². The zero-order valence-electron chi connectivity index (χ0n) is 4.65. The van der Waals surface area contributed by atoms with Crippen LogP contribution in [-0.4, -0.2) is 13.1 Å². The van der Waals surface area contributed by atoms with Gasteiger partial charge in [0.15, 0.2) is 8.32 Å². The Labute approximate surface area is 52.7 Å². The maximum atomic E-state index is 8.66. The molecule has 0 saturated carbocycles. The molecular weight excluding hydrogens is 146 g/mol. The maximum Gasteiger partial charge on any atom is 0.179 e. The van der Waals surface area contributed by atoms with Gasteiger partial charge in [0.25, 0.3) is 0 Å². The van der Waals surface area contributed by atoms with E-state index in [2.05, 4.69) is 0 Å². The van der Waals surface area contributed by atoms with Crippen LogP contribution in [0.4, 0.5) is 0 Å². The molecule has 0 aromatic carbocycles. The first kappa shape index (κ1) is 9.93. The quantitative estimate of drug-likeness (QED) is 0.514. The van der Waals surface area contributed by atoms with E-state index < -0.39 is 8.32 Å². The minimum absolute atomic E-state index is 0. The first-order valence-corrected chi connectivity index (χ1v) is 5.17. The largest absolute Gasteiger partial charge is 0.433 e. The van der Waals surface area contributed by atoms with Gasteiger partial charge in [0, 0.05) is 19.5 Å². The molecule has 0 heterocycles. The Morgan fingerprint density at radius 2 is 1.17 bits per heavy atom. The van der Waals surface area contributed by atoms with Crippen LogP contribution in [0.1, 0.15) is 0 Å². The second kappa shape index (κ2) is 2.89. The summed E-state index contributed by atoms with van der Waals surface area (Å²) in [5.41, 5.74) is 0. The average molecular weight is 156 g/mol. The van der Waals surface area contributed by atoms with Crippen LogP contribution in [0.3, 0.4) is 0 Å². The van der Waals surface area contributed by atoms with Gasteiger partial charge in [-0.15, -0.1) is 0 Å². The van der Waals surface area contributed by atoms with E-state index in [9.17, 15) is 0 Å². The van der Waals surface area contributed by atoms with E-state index in [1.54, 1.807) is 0 Å². The Morgan fingerprint density at radius 1 is 1.17 bits per heavy atom. The van der Waals surface area contributed by atoms with Crippen LogP contribution in [0.15, 0.2) is 0 Å². The Bertz CT molecular complexity index is 26.3. The van der Waals surface area contributed by atoms with Gasteiger partial charge in [-0.3, -0.25) is 0 Å². The van der Waals surface area contributed by atoms with Crippen LogP contribution in [0.5, 0.6) is 0 Å². The maximum absolute atomic E-state index is 8.66. The fourth-order valence-electron chi connectivity index (χ4n) is 0. The smallest absolute Gasteiger partial charge is 0.179 e. The Hall–Kier alpha value is 0.800. The van der Waals surface area contributed by atoms with E-state index >= 15 is 0 Å². The summed E-state index contributed by atoms with van der Waals surface area (Å²) in [6.45, 7) is 5.65. The van der Waals surface area contributed by atoms with E-state index in [0.29, 0.717) is 0 Å². The molecule has 0 radical (unpaired) electrons. The molecule has 0 aromatic rings. The molecule has 34 valence electrons. The first-order chi connectivity index (χ1) is 2.00. The fourth-order valence-corrected chi connectivity index (χ4v) is 0. The van der Waals surface area contributed by atoms with Crippen LogP contribution < -0.4 is 0 Å². The van der Waals surface area contributed by atoms with E-state index in [4.69, 9.17) is 4.80 Å². The van der Waals surface area contributed by atoms with Crippen molar-refractivity contribution in [3.8, 4) is 0 Å². The van der Waals surface area contributed by atoms with Gasteiger partial charge < -0.3 is 4.80 Å². The second-order valence-corrected chi connectivity index (χ2v) is 6.51. The van der Waals surface area contributed by atoms with Crippen molar-refractivity contribution in [3.63, 3.8) is 0 Å². The van der Waals surface area contributed by atoms with Gasteiger partial charge in [0.1, 0.15) is 0 Å². The van der Waals surface area contributed by atoms with Crippen molar-refractivity contribution in [1.82, 2.24) is 0 Å². The first-order valence-electron chi connectivity index (χ1n) is 1.72. The molecule has 0 amide bonds. The SMILES string of the molecule is C[Si](C)(C)O.[Zn]. The summed E-state index contributed by atoms with van der Waals surface area (Å²) < 4.78 is 0. The predicted molar refractivity (Wildman–Crippen MR) is 25.6 cm³/mol. The van der Waals surface area contributed by atoms with Gasteiger partial charge >= 0.3 is 0 Å². The third-order valence-corrected chi connectivity index (χ3v) is 0. The summed E-state index contributed by atoms with van der Waals surface area (Å²) in [7, 11) is -1.61. The Balaban J connectivity index is 0. The summed E-state index contributed by atoms with van der Waals surface area (Å²) >= 11 is 0. The standard InChI is InChI=1S/C3H10OSi.Zn/c1-5(2,3)4;/h4H,1-3H3;. The third-order valence-electron chi connectivity index (χ3n) is 0. The normalized spacial score (nSPS) is 10.0. The average Bonchev–Trinajstić information content (AvgIpc) is 0.722. The monoisotopic (exact) mass is 154 g/mol. The molecule has 0 atom stereocenters. The number of rotatable bonds is 0. The van der Waals surface area contributed by atoms with Crippen molar-refractivity contribution >= 4 is 8.32 Å². The van der Waals surface area contributed by atoms with E-state index in [0.717, 1.165) is 0 Å². The van der Waals surface area contributed by atoms with Crippen LogP contribution in [0, 0.1) is 0 Å². The van der Waals surface area contributed by atoms with Crippen LogP contribution in [0.2, 0.25) is 19.6 Å². The van der Waals surface area contributed by atoms with Crippen molar-refractivity contribution < 1.29 is 24.3 Å². The molecule has 0 saturated heterocycles. The zero-order chi connectivity index (χ0) is 4.50. The predicted octanol–water partition coefficient (Wildman–Crippen LogP) is 0.811. The molecule has 0 aliphatic heterocycles. The minimum atomic E-state index is -1.61. The van der Waals surface area contributed by atoms with E-state index in [1.165, 1.54) is 0 Å². The van der Waals surface area contributed by atoms with Gasteiger partial charge in [-0.1, -0.05) is 0 Å². The summed E-state index contributed by atoms with van der Waals surface area (Å²) in [6.07, 6.45) is 0. The molecule has 6 heavy (non-hydrogen) atoms. The number of hydrogen-bond donors (Lipinski definition) is 1. The Kier molecular flexibility index (Phi) is 4.78. The second-order valence-electron chi connectivity index (χ2n) is 2.17. The summed E-state index contributed by atoms with van der Waals surface area (Å²) in [4.78, 5) is 8.66. The van der Waals surface area contributed by atoms with Gasteiger partial charge in [-0.05, 0) is 19.6 Å². The zero-order valence-corrected chi connectivity index (χ0v) is 8.62. The molecule has 0 unspecified atom stereocenters. The number of hydrogen-bond acceptors (Lipinski definition) is 1. The molecular formula is C3H10OSiZn. The minimum Gasteiger partial charge on any atom is -0.433 e. The summed E-state index contributed by atoms with van der Waals surface area (Å²) in [5.74, 6) is 0. The van der Waals surface area contributed by atoms with Crippen molar-refractivity contribution in [2.75, 3.05) is 0 Å².